The van der Waals surface area contributed by atoms with Gasteiger partial charge in [0.05, 0.1) is 0 Å². The molecular formula is C11H15N. The zero-order chi connectivity index (χ0) is 9.14. The van der Waals surface area contributed by atoms with Crippen LogP contribution in [-0.4, -0.2) is 0 Å². The lowest BCUT2D eigenvalue weighted by molar-refractivity contribution is 1.43. The van der Waals surface area contributed by atoms with E-state index in [1.165, 1.54) is 5.57 Å². The fourth-order valence-electron chi connectivity index (χ4n) is 1.18. The molecule has 12 heavy (non-hydrogen) atoms. The normalized spacial score (nSPS) is 11.8. The van der Waals surface area contributed by atoms with Gasteiger partial charge >= 0.3 is 0 Å². The summed E-state index contributed by atoms with van der Waals surface area (Å²) in [4.78, 5) is 0. The monoisotopic (exact) mass is 161 g/mol. The number of hydrogen-bond acceptors (Lipinski definition) is 1. The third-order valence-corrected chi connectivity index (χ3v) is 2.18. The fraction of sp³-hybridized carbons (Fsp3) is 0.273. The van der Waals surface area contributed by atoms with Crippen LogP contribution in [0.3, 0.4) is 0 Å². The fourth-order valence-corrected chi connectivity index (χ4v) is 1.18. The van der Waals surface area contributed by atoms with Gasteiger partial charge in [-0.05, 0) is 31.9 Å². The highest BCUT2D eigenvalue weighted by molar-refractivity contribution is 5.75. The van der Waals surface area contributed by atoms with E-state index >= 15 is 0 Å². The summed E-state index contributed by atoms with van der Waals surface area (Å²) in [5.74, 6) is 0. The van der Waals surface area contributed by atoms with E-state index in [4.69, 9.17) is 5.73 Å². The van der Waals surface area contributed by atoms with Crippen LogP contribution in [0.15, 0.2) is 24.3 Å². The molecular weight excluding hydrogens is 146 g/mol. The molecule has 1 heteroatoms. The number of nitrogens with two attached hydrogens (primary N) is 1. The first kappa shape index (κ1) is 8.85. The first-order valence-electron chi connectivity index (χ1n) is 4.15. The predicted octanol–water partition coefficient (Wildman–Crippen LogP) is 3.00. The number of anilines is 1. The lowest BCUT2D eigenvalue weighted by atomic mass is 10.0. The van der Waals surface area contributed by atoms with Crippen LogP contribution in [0.2, 0.25) is 0 Å². The Hall–Kier alpha value is -1.24. The highest BCUT2D eigenvalue weighted by Crippen LogP contribution is 2.23. The van der Waals surface area contributed by atoms with Crippen molar-refractivity contribution in [2.45, 2.75) is 20.8 Å². The maximum absolute atomic E-state index is 5.92. The SMILES string of the molecule is CC=C(C)c1cccc(C)c1N. The minimum absolute atomic E-state index is 0.896. The second-order valence-electron chi connectivity index (χ2n) is 3.01. The summed E-state index contributed by atoms with van der Waals surface area (Å²) in [7, 11) is 0. The molecule has 0 aliphatic carbocycles. The van der Waals surface area contributed by atoms with E-state index in [-0.39, 0.29) is 0 Å². The summed E-state index contributed by atoms with van der Waals surface area (Å²) < 4.78 is 0. The van der Waals surface area contributed by atoms with E-state index in [2.05, 4.69) is 19.1 Å². The molecule has 64 valence electrons. The molecule has 2 N–H and O–H groups in total. The number of para-hydroxylation sites is 1. The summed E-state index contributed by atoms with van der Waals surface area (Å²) >= 11 is 0. The van der Waals surface area contributed by atoms with Crippen LogP contribution in [-0.2, 0) is 0 Å². The first-order chi connectivity index (χ1) is 5.66. The van der Waals surface area contributed by atoms with Crippen molar-refractivity contribution in [3.63, 3.8) is 0 Å². The van der Waals surface area contributed by atoms with Crippen molar-refractivity contribution >= 4 is 11.3 Å². The van der Waals surface area contributed by atoms with E-state index < -0.39 is 0 Å². The molecule has 1 aromatic rings. The zero-order valence-corrected chi connectivity index (χ0v) is 7.89. The summed E-state index contributed by atoms with van der Waals surface area (Å²) in [5.41, 5.74) is 10.3. The zero-order valence-electron chi connectivity index (χ0n) is 7.89. The minimum atomic E-state index is 0.896. The van der Waals surface area contributed by atoms with E-state index in [0.717, 1.165) is 16.8 Å². The van der Waals surface area contributed by atoms with Crippen LogP contribution in [0, 0.1) is 6.92 Å². The number of aryl methyl sites for hydroxylation is 1. The molecule has 1 aromatic carbocycles. The standard InChI is InChI=1S/C11H15N/c1-4-8(2)10-7-5-6-9(3)11(10)12/h4-7H,12H2,1-3H3. The van der Waals surface area contributed by atoms with Gasteiger partial charge in [0.2, 0.25) is 0 Å². The highest BCUT2D eigenvalue weighted by Gasteiger charge is 2.01. The molecule has 0 heterocycles. The van der Waals surface area contributed by atoms with Crippen LogP contribution in [0.1, 0.15) is 25.0 Å². The Morgan fingerprint density at radius 2 is 2.08 bits per heavy atom. The molecule has 0 spiro atoms. The van der Waals surface area contributed by atoms with E-state index in [0.29, 0.717) is 0 Å². The summed E-state index contributed by atoms with van der Waals surface area (Å²) in [6, 6.07) is 6.12. The number of allylic oxidation sites excluding steroid dienone is 2. The Bertz CT molecular complexity index is 311. The number of nitrogen functional groups attached to an aromatic ring is 1. The molecule has 0 fully saturated rings. The molecule has 0 bridgehead atoms. The van der Waals surface area contributed by atoms with Crippen molar-refractivity contribution in [3.05, 3.63) is 35.4 Å². The number of benzene rings is 1. The van der Waals surface area contributed by atoms with Crippen molar-refractivity contribution < 1.29 is 0 Å². The summed E-state index contributed by atoms with van der Waals surface area (Å²) in [5, 5.41) is 0. The summed E-state index contributed by atoms with van der Waals surface area (Å²) in [6.45, 7) is 6.13. The van der Waals surface area contributed by atoms with Crippen molar-refractivity contribution in [1.82, 2.24) is 0 Å². The highest BCUT2D eigenvalue weighted by atomic mass is 14.6. The average Bonchev–Trinajstić information content (AvgIpc) is 2.08. The second kappa shape index (κ2) is 3.44. The van der Waals surface area contributed by atoms with Gasteiger partial charge in [-0.25, -0.2) is 0 Å². The Kier molecular flexibility index (Phi) is 2.54. The molecule has 0 saturated carbocycles. The van der Waals surface area contributed by atoms with Gasteiger partial charge in [0.1, 0.15) is 0 Å². The molecule has 0 saturated heterocycles. The van der Waals surface area contributed by atoms with Crippen LogP contribution in [0.5, 0.6) is 0 Å². The lowest BCUT2D eigenvalue weighted by Crippen LogP contribution is -1.94. The first-order valence-corrected chi connectivity index (χ1v) is 4.15. The van der Waals surface area contributed by atoms with Crippen LogP contribution >= 0.6 is 0 Å². The third kappa shape index (κ3) is 1.50. The van der Waals surface area contributed by atoms with Crippen LogP contribution in [0.25, 0.3) is 5.57 Å². The molecule has 0 aliphatic heterocycles. The molecule has 0 amide bonds. The number of hydrogen-bond donors (Lipinski definition) is 1. The molecule has 0 aromatic heterocycles. The van der Waals surface area contributed by atoms with Crippen LogP contribution < -0.4 is 5.73 Å². The predicted molar refractivity (Wildman–Crippen MR) is 54.9 cm³/mol. The van der Waals surface area contributed by atoms with E-state index in [1.807, 2.05) is 26.0 Å². The maximum Gasteiger partial charge on any atom is 0.0419 e. The molecule has 1 nitrogen and oxygen atoms in total. The van der Waals surface area contributed by atoms with Crippen molar-refractivity contribution in [2.24, 2.45) is 0 Å². The molecule has 1 rings (SSSR count). The third-order valence-electron chi connectivity index (χ3n) is 2.18. The van der Waals surface area contributed by atoms with Crippen LogP contribution in [0.4, 0.5) is 5.69 Å². The second-order valence-corrected chi connectivity index (χ2v) is 3.01. The quantitative estimate of drug-likeness (QED) is 0.629. The van der Waals surface area contributed by atoms with Gasteiger partial charge in [-0.1, -0.05) is 24.3 Å². The largest absolute Gasteiger partial charge is 0.398 e. The Balaban J connectivity index is 3.26. The van der Waals surface area contributed by atoms with Crippen molar-refractivity contribution in [2.75, 3.05) is 5.73 Å². The van der Waals surface area contributed by atoms with Gasteiger partial charge in [-0.15, -0.1) is 0 Å². The van der Waals surface area contributed by atoms with Gasteiger partial charge in [0, 0.05) is 11.3 Å². The smallest absolute Gasteiger partial charge is 0.0419 e. The molecule has 0 atom stereocenters. The lowest BCUT2D eigenvalue weighted by Gasteiger charge is -2.07. The number of rotatable bonds is 1. The maximum atomic E-state index is 5.92. The van der Waals surface area contributed by atoms with Gasteiger partial charge in [0.25, 0.3) is 0 Å². The van der Waals surface area contributed by atoms with Gasteiger partial charge in [-0.3, -0.25) is 0 Å². The van der Waals surface area contributed by atoms with E-state index in [1.54, 1.807) is 0 Å². The molecule has 0 aliphatic rings. The topological polar surface area (TPSA) is 26.0 Å². The van der Waals surface area contributed by atoms with Gasteiger partial charge in [-0.2, -0.15) is 0 Å². The van der Waals surface area contributed by atoms with Gasteiger partial charge in [0.15, 0.2) is 0 Å². The van der Waals surface area contributed by atoms with Crippen molar-refractivity contribution in [1.29, 1.82) is 0 Å². The van der Waals surface area contributed by atoms with Gasteiger partial charge < -0.3 is 5.73 Å². The van der Waals surface area contributed by atoms with Crippen molar-refractivity contribution in [3.8, 4) is 0 Å². The Morgan fingerprint density at radius 1 is 1.42 bits per heavy atom. The Labute approximate surface area is 73.9 Å². The molecule has 0 radical (unpaired) electrons. The average molecular weight is 161 g/mol. The minimum Gasteiger partial charge on any atom is -0.398 e. The molecule has 0 unspecified atom stereocenters. The van der Waals surface area contributed by atoms with E-state index in [9.17, 15) is 0 Å². The summed E-state index contributed by atoms with van der Waals surface area (Å²) in [6.07, 6.45) is 2.07. The Morgan fingerprint density at radius 3 is 2.67 bits per heavy atom.